The van der Waals surface area contributed by atoms with Gasteiger partial charge in [0.05, 0.1) is 19.1 Å². The number of anilines is 1. The number of nitrogens with one attached hydrogen (secondary N) is 1. The van der Waals surface area contributed by atoms with Gasteiger partial charge in [-0.25, -0.2) is 8.42 Å². The number of aryl methyl sites for hydroxylation is 1. The van der Waals surface area contributed by atoms with Crippen molar-refractivity contribution in [2.75, 3.05) is 18.9 Å². The van der Waals surface area contributed by atoms with Crippen LogP contribution < -0.4 is 43.8 Å². The maximum absolute atomic E-state index is 13.2. The number of benzene rings is 2. The van der Waals surface area contributed by atoms with E-state index >= 15 is 0 Å². The fourth-order valence-electron chi connectivity index (χ4n) is 3.45. The molecule has 2 aromatic heterocycles. The molecule has 4 rings (SSSR count). The van der Waals surface area contributed by atoms with Gasteiger partial charge in [0.1, 0.15) is 17.3 Å². The topological polar surface area (TPSA) is 108 Å². The van der Waals surface area contributed by atoms with E-state index < -0.39 is 10.0 Å². The second-order valence-electron chi connectivity index (χ2n) is 7.49. The molecule has 180 valence electrons. The molecular formula is C25H22N2NaO6S2+. The van der Waals surface area contributed by atoms with Crippen LogP contribution in [0.1, 0.15) is 21.7 Å². The zero-order valence-electron chi connectivity index (χ0n) is 20.2. The van der Waals surface area contributed by atoms with E-state index in [2.05, 4.69) is 16.5 Å². The van der Waals surface area contributed by atoms with E-state index in [1.165, 1.54) is 37.4 Å². The average molecular weight is 534 g/mol. The molecule has 0 aliphatic carbocycles. The van der Waals surface area contributed by atoms with E-state index in [0.717, 1.165) is 10.4 Å². The van der Waals surface area contributed by atoms with Gasteiger partial charge in [-0.05, 0) is 48.7 Å². The van der Waals surface area contributed by atoms with Crippen LogP contribution in [0.15, 0.2) is 76.0 Å². The quantitative estimate of drug-likeness (QED) is 0.200. The number of nitrogens with zero attached hydrogens (tertiary/aromatic N) is 1. The van der Waals surface area contributed by atoms with Crippen LogP contribution in [0.5, 0.6) is 11.5 Å². The molecule has 0 aliphatic heterocycles. The number of Topliss-reactive ketones (excluding diaryl/α,β-unsaturated/α-hetero) is 1. The first-order valence-corrected chi connectivity index (χ1v) is 12.7. The molecule has 0 saturated heterocycles. The molecule has 0 fully saturated rings. The van der Waals surface area contributed by atoms with Crippen LogP contribution in [0.2, 0.25) is 0 Å². The summed E-state index contributed by atoms with van der Waals surface area (Å²) in [5, 5.41) is 5.58. The molecule has 0 radical (unpaired) electrons. The fourth-order valence-corrected chi connectivity index (χ4v) is 5.18. The van der Waals surface area contributed by atoms with Crippen molar-refractivity contribution in [3.63, 3.8) is 0 Å². The summed E-state index contributed by atoms with van der Waals surface area (Å²) in [5.74, 6) is 1.22. The van der Waals surface area contributed by atoms with E-state index in [1.807, 2.05) is 23.6 Å². The van der Waals surface area contributed by atoms with Gasteiger partial charge in [0.25, 0.3) is 10.0 Å². The van der Waals surface area contributed by atoms with Gasteiger partial charge in [-0.15, -0.1) is 11.3 Å². The number of carbonyl (C=O) groups excluding carboxylic acids is 1. The average Bonchev–Trinajstić information content (AvgIpc) is 3.54. The Labute approximate surface area is 235 Å². The van der Waals surface area contributed by atoms with Gasteiger partial charge >= 0.3 is 29.6 Å². The third-order valence-corrected chi connectivity index (χ3v) is 7.47. The largest absolute Gasteiger partial charge is 1.00 e. The first-order valence-electron chi connectivity index (χ1n) is 10.3. The van der Waals surface area contributed by atoms with Crippen molar-refractivity contribution in [2.24, 2.45) is 0 Å². The second kappa shape index (κ2) is 11.4. The van der Waals surface area contributed by atoms with Crippen molar-refractivity contribution in [1.82, 2.24) is 5.16 Å². The van der Waals surface area contributed by atoms with Crippen LogP contribution in [0.25, 0.3) is 16.0 Å². The SMILES string of the molecule is C=C(C(=O)c1ccc(S(=O)(=O)Nc2cc(C)on2)cc1)c1cc(-c2cccs2)c(OC)cc1OC.[Na+]. The molecule has 0 bridgehead atoms. The number of sulfonamides is 1. The number of methoxy groups -OCH3 is 2. The number of rotatable bonds is 9. The third kappa shape index (κ3) is 5.74. The van der Waals surface area contributed by atoms with Crippen molar-refractivity contribution < 1.29 is 56.8 Å². The van der Waals surface area contributed by atoms with Crippen LogP contribution in [-0.4, -0.2) is 33.6 Å². The minimum atomic E-state index is -3.90. The van der Waals surface area contributed by atoms with Gasteiger partial charge in [-0.1, -0.05) is 17.8 Å². The van der Waals surface area contributed by atoms with Crippen LogP contribution in [-0.2, 0) is 10.0 Å². The molecule has 0 aliphatic rings. The zero-order valence-corrected chi connectivity index (χ0v) is 23.8. The molecule has 0 saturated carbocycles. The Kier molecular flexibility index (Phi) is 8.80. The Morgan fingerprint density at radius 3 is 2.31 bits per heavy atom. The van der Waals surface area contributed by atoms with Gasteiger partial charge in [0, 0.05) is 39.3 Å². The first-order chi connectivity index (χ1) is 16.7. The predicted octanol–water partition coefficient (Wildman–Crippen LogP) is 2.43. The molecule has 2 aromatic carbocycles. The van der Waals surface area contributed by atoms with Gasteiger partial charge in [0.2, 0.25) is 0 Å². The van der Waals surface area contributed by atoms with Crippen LogP contribution in [0.3, 0.4) is 0 Å². The number of ketones is 1. The number of hydrogen-bond donors (Lipinski definition) is 1. The van der Waals surface area contributed by atoms with E-state index in [-0.39, 0.29) is 57.2 Å². The summed E-state index contributed by atoms with van der Waals surface area (Å²) in [4.78, 5) is 14.2. The van der Waals surface area contributed by atoms with E-state index in [9.17, 15) is 13.2 Å². The van der Waals surface area contributed by atoms with Gasteiger partial charge in [0.15, 0.2) is 11.6 Å². The smallest absolute Gasteiger partial charge is 0.496 e. The maximum Gasteiger partial charge on any atom is 1.00 e. The van der Waals surface area contributed by atoms with E-state index in [1.54, 1.807) is 31.4 Å². The Morgan fingerprint density at radius 2 is 1.75 bits per heavy atom. The molecule has 36 heavy (non-hydrogen) atoms. The maximum atomic E-state index is 13.2. The van der Waals surface area contributed by atoms with Gasteiger partial charge in [-0.3, -0.25) is 9.52 Å². The molecule has 11 heteroatoms. The summed E-state index contributed by atoms with van der Waals surface area (Å²) in [6.07, 6.45) is 0. The molecule has 8 nitrogen and oxygen atoms in total. The molecule has 0 spiro atoms. The standard InChI is InChI=1S/C25H22N2O6S2.Na/c1-15-12-24(26-33-15)27-35(29,30)18-9-7-17(8-10-18)25(28)16(2)19-13-20(23-6-5-11-34-23)22(32-4)14-21(19)31-3;/h5-14H,2H2,1,3-4H3,(H,26,27);/q;+1. The summed E-state index contributed by atoms with van der Waals surface area (Å²) < 4.78 is 43.5. The normalized spacial score (nSPS) is 10.9. The minimum absolute atomic E-state index is 0. The molecule has 1 N–H and O–H groups in total. The Bertz CT molecular complexity index is 1490. The van der Waals surface area contributed by atoms with Crippen molar-refractivity contribution in [3.05, 3.63) is 83.4 Å². The number of ether oxygens (including phenoxy) is 2. The summed E-state index contributed by atoms with van der Waals surface area (Å²) in [6, 6.07) is 14.4. The van der Waals surface area contributed by atoms with Crippen molar-refractivity contribution >= 4 is 38.5 Å². The Balaban J connectivity index is 0.00000361. The monoisotopic (exact) mass is 533 g/mol. The number of hydrogen-bond acceptors (Lipinski definition) is 8. The molecule has 2 heterocycles. The van der Waals surface area contributed by atoms with Crippen molar-refractivity contribution in [1.29, 1.82) is 0 Å². The van der Waals surface area contributed by atoms with Crippen molar-refractivity contribution in [2.45, 2.75) is 11.8 Å². The van der Waals surface area contributed by atoms with Gasteiger partial charge in [-0.2, -0.15) is 0 Å². The molecule has 0 atom stereocenters. The van der Waals surface area contributed by atoms with E-state index in [4.69, 9.17) is 14.0 Å². The molecule has 0 amide bonds. The summed E-state index contributed by atoms with van der Waals surface area (Å²) in [5.41, 5.74) is 1.81. The summed E-state index contributed by atoms with van der Waals surface area (Å²) >= 11 is 1.54. The Morgan fingerprint density at radius 1 is 1.06 bits per heavy atom. The third-order valence-electron chi connectivity index (χ3n) is 5.20. The summed E-state index contributed by atoms with van der Waals surface area (Å²) in [7, 11) is -0.830. The minimum Gasteiger partial charge on any atom is -0.496 e. The molecular weight excluding hydrogens is 511 g/mol. The van der Waals surface area contributed by atoms with Crippen LogP contribution in [0, 0.1) is 6.92 Å². The number of allylic oxidation sites excluding steroid dienone is 1. The zero-order chi connectivity index (χ0) is 25.2. The van der Waals surface area contributed by atoms with Crippen LogP contribution in [0.4, 0.5) is 5.82 Å². The predicted molar refractivity (Wildman–Crippen MR) is 135 cm³/mol. The molecule has 4 aromatic rings. The first kappa shape index (κ1) is 27.7. The number of carbonyl (C=O) groups is 1. The van der Waals surface area contributed by atoms with E-state index in [0.29, 0.717) is 22.8 Å². The van der Waals surface area contributed by atoms with Crippen LogP contribution >= 0.6 is 11.3 Å². The summed E-state index contributed by atoms with van der Waals surface area (Å²) in [6.45, 7) is 5.65. The number of thiophene rings is 1. The Hall–Kier alpha value is -2.89. The van der Waals surface area contributed by atoms with Crippen molar-refractivity contribution in [3.8, 4) is 21.9 Å². The molecule has 0 unspecified atom stereocenters. The second-order valence-corrected chi connectivity index (χ2v) is 10.1. The fraction of sp³-hybridized carbons (Fsp3) is 0.120. The van der Waals surface area contributed by atoms with Gasteiger partial charge < -0.3 is 14.0 Å². The number of aromatic nitrogens is 1.